The van der Waals surface area contributed by atoms with Crippen LogP contribution in [0.5, 0.6) is 0 Å². The second-order valence-corrected chi connectivity index (χ2v) is 3.71. The van der Waals surface area contributed by atoms with Crippen molar-refractivity contribution >= 4 is 0 Å². The highest BCUT2D eigenvalue weighted by Gasteiger charge is 2.33. The molecule has 2 heterocycles. The van der Waals surface area contributed by atoms with Crippen molar-refractivity contribution in [3.63, 3.8) is 0 Å². The quantitative estimate of drug-likeness (QED) is 0.746. The van der Waals surface area contributed by atoms with Gasteiger partial charge in [0.2, 0.25) is 0 Å². The number of rotatable bonds is 2. The zero-order valence-electron chi connectivity index (χ0n) is 8.09. The number of hydrogen-bond acceptors (Lipinski definition) is 2. The monoisotopic (exact) mass is 176 g/mol. The summed E-state index contributed by atoms with van der Waals surface area (Å²) in [6.07, 6.45) is 7.50. The zero-order valence-corrected chi connectivity index (χ0v) is 8.09. The summed E-state index contributed by atoms with van der Waals surface area (Å²) in [4.78, 5) is 4.18. The molecule has 0 bridgehead atoms. The van der Waals surface area contributed by atoms with Gasteiger partial charge >= 0.3 is 0 Å². The maximum absolute atomic E-state index is 4.18. The normalized spacial score (nSPS) is 27.8. The first kappa shape index (κ1) is 8.70. The minimum Gasteiger partial charge on any atom is -0.307 e. The van der Waals surface area contributed by atoms with Gasteiger partial charge in [-0.05, 0) is 37.4 Å². The second kappa shape index (κ2) is 3.46. The third-order valence-corrected chi connectivity index (χ3v) is 3.06. The van der Waals surface area contributed by atoms with Crippen LogP contribution in [0.1, 0.15) is 31.7 Å². The van der Waals surface area contributed by atoms with Gasteiger partial charge in [0.25, 0.3) is 0 Å². The maximum atomic E-state index is 4.18. The molecule has 0 aromatic carbocycles. The van der Waals surface area contributed by atoms with Gasteiger partial charge in [0.1, 0.15) is 0 Å². The first-order valence-electron chi connectivity index (χ1n) is 5.03. The third-order valence-electron chi connectivity index (χ3n) is 3.06. The molecule has 0 spiro atoms. The molecular weight excluding hydrogens is 160 g/mol. The molecule has 70 valence electrons. The molecule has 1 aliphatic rings. The predicted molar refractivity (Wildman–Crippen MR) is 53.4 cm³/mol. The van der Waals surface area contributed by atoms with Crippen molar-refractivity contribution in [3.8, 4) is 0 Å². The smallest absolute Gasteiger partial charge is 0.0447 e. The van der Waals surface area contributed by atoms with Crippen LogP contribution in [0.15, 0.2) is 24.5 Å². The number of aromatic nitrogens is 1. The average molecular weight is 176 g/mol. The van der Waals surface area contributed by atoms with Crippen LogP contribution in [-0.4, -0.2) is 11.5 Å². The molecule has 0 radical (unpaired) electrons. The van der Waals surface area contributed by atoms with Gasteiger partial charge in [0.15, 0.2) is 0 Å². The molecule has 2 heteroatoms. The Balaban J connectivity index is 2.31. The van der Waals surface area contributed by atoms with Crippen molar-refractivity contribution in [3.05, 3.63) is 30.1 Å². The Labute approximate surface area is 79.4 Å². The van der Waals surface area contributed by atoms with Crippen molar-refractivity contribution in [1.82, 2.24) is 10.3 Å². The summed E-state index contributed by atoms with van der Waals surface area (Å²) < 4.78 is 0. The van der Waals surface area contributed by atoms with Gasteiger partial charge in [-0.25, -0.2) is 0 Å². The fourth-order valence-corrected chi connectivity index (χ4v) is 2.20. The zero-order chi connectivity index (χ0) is 9.15. The Bertz CT molecular complexity index is 263. The number of nitrogens with one attached hydrogen (secondary N) is 1. The Kier molecular flexibility index (Phi) is 2.32. The van der Waals surface area contributed by atoms with Crippen molar-refractivity contribution < 1.29 is 0 Å². The first-order chi connectivity index (χ1) is 6.37. The Morgan fingerprint density at radius 1 is 1.62 bits per heavy atom. The van der Waals surface area contributed by atoms with E-state index >= 15 is 0 Å². The second-order valence-electron chi connectivity index (χ2n) is 3.71. The lowest BCUT2D eigenvalue weighted by Crippen LogP contribution is -2.35. The van der Waals surface area contributed by atoms with E-state index in [-0.39, 0.29) is 5.54 Å². The van der Waals surface area contributed by atoms with Crippen molar-refractivity contribution in [2.45, 2.75) is 31.7 Å². The van der Waals surface area contributed by atoms with Crippen LogP contribution in [0.25, 0.3) is 0 Å². The van der Waals surface area contributed by atoms with Gasteiger partial charge in [0, 0.05) is 17.9 Å². The minimum atomic E-state index is 0.217. The van der Waals surface area contributed by atoms with Crippen molar-refractivity contribution in [1.29, 1.82) is 0 Å². The molecule has 1 saturated heterocycles. The summed E-state index contributed by atoms with van der Waals surface area (Å²) in [6, 6.07) is 4.20. The van der Waals surface area contributed by atoms with Gasteiger partial charge in [-0.15, -0.1) is 0 Å². The lowest BCUT2D eigenvalue weighted by Gasteiger charge is -2.28. The maximum Gasteiger partial charge on any atom is 0.0447 e. The fourth-order valence-electron chi connectivity index (χ4n) is 2.20. The van der Waals surface area contributed by atoms with Crippen LogP contribution in [-0.2, 0) is 5.54 Å². The molecule has 2 nitrogen and oxygen atoms in total. The molecule has 0 amide bonds. The van der Waals surface area contributed by atoms with Gasteiger partial charge in [-0.3, -0.25) is 4.98 Å². The lowest BCUT2D eigenvalue weighted by atomic mass is 9.87. The van der Waals surface area contributed by atoms with E-state index in [1.807, 2.05) is 18.5 Å². The molecule has 1 fully saturated rings. The van der Waals surface area contributed by atoms with E-state index in [1.54, 1.807) is 0 Å². The molecule has 1 atom stereocenters. The molecule has 1 aromatic heterocycles. The number of hydrogen-bond donors (Lipinski definition) is 1. The molecule has 1 aromatic rings. The van der Waals surface area contributed by atoms with Crippen LogP contribution < -0.4 is 5.32 Å². The van der Waals surface area contributed by atoms with Crippen LogP contribution >= 0.6 is 0 Å². The largest absolute Gasteiger partial charge is 0.307 e. The summed E-state index contributed by atoms with van der Waals surface area (Å²) in [5.74, 6) is 0. The van der Waals surface area contributed by atoms with Crippen LogP contribution in [0.3, 0.4) is 0 Å². The summed E-state index contributed by atoms with van der Waals surface area (Å²) in [5.41, 5.74) is 1.56. The Morgan fingerprint density at radius 3 is 3.08 bits per heavy atom. The highest BCUT2D eigenvalue weighted by molar-refractivity contribution is 5.21. The minimum absolute atomic E-state index is 0.217. The van der Waals surface area contributed by atoms with E-state index in [0.29, 0.717) is 0 Å². The standard InChI is InChI=1S/C11H16N2/c1-2-11(6-4-8-13-11)10-5-3-7-12-9-10/h3,5,7,9,13H,2,4,6,8H2,1H3. The van der Waals surface area contributed by atoms with Gasteiger partial charge < -0.3 is 5.32 Å². The van der Waals surface area contributed by atoms with Crippen LogP contribution in [0.4, 0.5) is 0 Å². The van der Waals surface area contributed by atoms with Crippen molar-refractivity contribution in [2.75, 3.05) is 6.54 Å². The van der Waals surface area contributed by atoms with E-state index in [0.717, 1.165) is 13.0 Å². The summed E-state index contributed by atoms with van der Waals surface area (Å²) >= 11 is 0. The summed E-state index contributed by atoms with van der Waals surface area (Å²) in [6.45, 7) is 3.38. The molecular formula is C11H16N2. The third kappa shape index (κ3) is 1.46. The Morgan fingerprint density at radius 2 is 2.54 bits per heavy atom. The molecule has 1 N–H and O–H groups in total. The molecule has 1 unspecified atom stereocenters. The van der Waals surface area contributed by atoms with Crippen LogP contribution in [0.2, 0.25) is 0 Å². The van der Waals surface area contributed by atoms with Gasteiger partial charge in [0.05, 0.1) is 0 Å². The molecule has 0 saturated carbocycles. The van der Waals surface area contributed by atoms with E-state index in [1.165, 1.54) is 18.4 Å². The first-order valence-corrected chi connectivity index (χ1v) is 5.03. The average Bonchev–Trinajstić information content (AvgIpc) is 2.69. The van der Waals surface area contributed by atoms with E-state index in [4.69, 9.17) is 0 Å². The molecule has 0 aliphatic carbocycles. The summed E-state index contributed by atoms with van der Waals surface area (Å²) in [5, 5.41) is 3.60. The highest BCUT2D eigenvalue weighted by Crippen LogP contribution is 2.33. The Hall–Kier alpha value is -0.890. The topological polar surface area (TPSA) is 24.9 Å². The van der Waals surface area contributed by atoms with Crippen LogP contribution in [0, 0.1) is 0 Å². The van der Waals surface area contributed by atoms with E-state index in [2.05, 4.69) is 23.3 Å². The lowest BCUT2D eigenvalue weighted by molar-refractivity contribution is 0.375. The molecule has 13 heavy (non-hydrogen) atoms. The molecule has 2 rings (SSSR count). The van der Waals surface area contributed by atoms with E-state index in [9.17, 15) is 0 Å². The van der Waals surface area contributed by atoms with E-state index < -0.39 is 0 Å². The SMILES string of the molecule is CCC1(c2cccnc2)CCCN1. The summed E-state index contributed by atoms with van der Waals surface area (Å²) in [7, 11) is 0. The van der Waals surface area contributed by atoms with Crippen molar-refractivity contribution in [2.24, 2.45) is 0 Å². The van der Waals surface area contributed by atoms with Gasteiger partial charge in [-0.2, -0.15) is 0 Å². The number of nitrogens with zero attached hydrogens (tertiary/aromatic N) is 1. The fraction of sp³-hybridized carbons (Fsp3) is 0.545. The molecule has 1 aliphatic heterocycles. The predicted octanol–water partition coefficient (Wildman–Crippen LogP) is 2.07. The van der Waals surface area contributed by atoms with Gasteiger partial charge in [-0.1, -0.05) is 13.0 Å². The number of pyridine rings is 1. The highest BCUT2D eigenvalue weighted by atomic mass is 15.0.